The van der Waals surface area contributed by atoms with Crippen LogP contribution in [-0.4, -0.2) is 18.3 Å². The number of nitrogens with one attached hydrogen (secondary N) is 1. The number of aliphatic hydroxyl groups is 1. The van der Waals surface area contributed by atoms with E-state index in [2.05, 4.69) is 29.6 Å². The lowest BCUT2D eigenvalue weighted by Crippen LogP contribution is -2.21. The van der Waals surface area contributed by atoms with E-state index in [1.165, 1.54) is 5.56 Å². The second-order valence-corrected chi connectivity index (χ2v) is 5.50. The molecular weight excluding hydrogens is 274 g/mol. The molecule has 0 aliphatic heterocycles. The fourth-order valence-corrected chi connectivity index (χ4v) is 2.76. The van der Waals surface area contributed by atoms with Crippen molar-refractivity contribution in [1.82, 2.24) is 5.32 Å². The van der Waals surface area contributed by atoms with E-state index in [4.69, 9.17) is 4.42 Å². The Labute approximate surface area is 130 Å². The molecular formula is C19H21NO2. The average molecular weight is 295 g/mol. The van der Waals surface area contributed by atoms with Gasteiger partial charge in [-0.15, -0.1) is 0 Å². The highest BCUT2D eigenvalue weighted by atomic mass is 16.3. The predicted octanol–water partition coefficient (Wildman–Crippen LogP) is 3.69. The molecule has 2 N–H and O–H groups in total. The number of fused-ring (bicyclic) bond motifs is 1. The molecule has 3 rings (SSSR count). The van der Waals surface area contributed by atoms with Crippen molar-refractivity contribution in [2.75, 3.05) is 13.2 Å². The minimum Gasteiger partial charge on any atom is -0.460 e. The highest BCUT2D eigenvalue weighted by molar-refractivity contribution is 5.77. The van der Waals surface area contributed by atoms with Gasteiger partial charge in [-0.2, -0.15) is 0 Å². The summed E-state index contributed by atoms with van der Waals surface area (Å²) in [5.41, 5.74) is 2.18. The van der Waals surface area contributed by atoms with E-state index in [9.17, 15) is 5.11 Å². The highest BCUT2D eigenvalue weighted by Crippen LogP contribution is 2.20. The van der Waals surface area contributed by atoms with Crippen LogP contribution in [0.15, 0.2) is 65.1 Å². The van der Waals surface area contributed by atoms with Crippen LogP contribution in [0.25, 0.3) is 11.0 Å². The lowest BCUT2D eigenvalue weighted by Gasteiger charge is -2.16. The van der Waals surface area contributed by atoms with Gasteiger partial charge in [-0.1, -0.05) is 48.5 Å². The van der Waals surface area contributed by atoms with Gasteiger partial charge in [0.1, 0.15) is 11.3 Å². The Balaban J connectivity index is 1.60. The monoisotopic (exact) mass is 295 g/mol. The number of aliphatic hydroxyl groups excluding tert-OH is 1. The first-order chi connectivity index (χ1) is 10.9. The third-order valence-corrected chi connectivity index (χ3v) is 3.92. The number of rotatable bonds is 7. The molecule has 22 heavy (non-hydrogen) atoms. The minimum atomic E-state index is 0.200. The second-order valence-electron chi connectivity index (χ2n) is 5.50. The third-order valence-electron chi connectivity index (χ3n) is 3.92. The van der Waals surface area contributed by atoms with E-state index in [-0.39, 0.29) is 6.61 Å². The molecule has 0 aliphatic carbocycles. The van der Waals surface area contributed by atoms with Crippen molar-refractivity contribution in [3.63, 3.8) is 0 Å². The fourth-order valence-electron chi connectivity index (χ4n) is 2.76. The molecule has 2 aromatic carbocycles. The number of furan rings is 1. The smallest absolute Gasteiger partial charge is 0.134 e. The van der Waals surface area contributed by atoms with Crippen LogP contribution in [0.5, 0.6) is 0 Å². The van der Waals surface area contributed by atoms with Gasteiger partial charge in [0.2, 0.25) is 0 Å². The first-order valence-electron chi connectivity index (χ1n) is 7.71. The second kappa shape index (κ2) is 7.25. The van der Waals surface area contributed by atoms with Crippen LogP contribution in [0.3, 0.4) is 0 Å². The van der Waals surface area contributed by atoms with Gasteiger partial charge >= 0.3 is 0 Å². The Morgan fingerprint density at radius 2 is 1.77 bits per heavy atom. The van der Waals surface area contributed by atoms with Crippen molar-refractivity contribution in [2.45, 2.75) is 18.9 Å². The quantitative estimate of drug-likeness (QED) is 0.699. The molecule has 0 amide bonds. The first-order valence-corrected chi connectivity index (χ1v) is 7.71. The predicted molar refractivity (Wildman–Crippen MR) is 88.8 cm³/mol. The van der Waals surface area contributed by atoms with Gasteiger partial charge in [-0.3, -0.25) is 0 Å². The summed E-state index contributed by atoms with van der Waals surface area (Å²) in [4.78, 5) is 0. The van der Waals surface area contributed by atoms with Crippen molar-refractivity contribution < 1.29 is 9.52 Å². The Morgan fingerprint density at radius 3 is 2.55 bits per heavy atom. The lowest BCUT2D eigenvalue weighted by atomic mass is 9.96. The maximum Gasteiger partial charge on any atom is 0.134 e. The van der Waals surface area contributed by atoms with Crippen molar-refractivity contribution in [1.29, 1.82) is 0 Å². The summed E-state index contributed by atoms with van der Waals surface area (Å²) in [5, 5.41) is 13.8. The summed E-state index contributed by atoms with van der Waals surface area (Å²) in [6.45, 7) is 1.72. The number of para-hydroxylation sites is 1. The van der Waals surface area contributed by atoms with E-state index in [1.807, 2.05) is 36.4 Å². The third kappa shape index (κ3) is 3.56. The van der Waals surface area contributed by atoms with Crippen LogP contribution in [0.1, 0.15) is 23.7 Å². The van der Waals surface area contributed by atoms with Gasteiger partial charge in [0.25, 0.3) is 0 Å². The first kappa shape index (κ1) is 14.8. The fraction of sp³-hybridized carbons (Fsp3) is 0.263. The molecule has 1 heterocycles. The molecule has 114 valence electrons. The van der Waals surface area contributed by atoms with E-state index in [0.29, 0.717) is 12.5 Å². The molecule has 0 saturated carbocycles. The molecule has 0 saturated heterocycles. The molecule has 3 aromatic rings. The van der Waals surface area contributed by atoms with Gasteiger partial charge in [-0.25, -0.2) is 0 Å². The lowest BCUT2D eigenvalue weighted by molar-refractivity contribution is 0.273. The minimum absolute atomic E-state index is 0.200. The molecule has 1 unspecified atom stereocenters. The van der Waals surface area contributed by atoms with Gasteiger partial charge in [0.05, 0.1) is 6.54 Å². The average Bonchev–Trinajstić information content (AvgIpc) is 2.97. The van der Waals surface area contributed by atoms with Crippen LogP contribution in [-0.2, 0) is 6.54 Å². The van der Waals surface area contributed by atoms with E-state index >= 15 is 0 Å². The zero-order chi connectivity index (χ0) is 15.2. The molecule has 1 aromatic heterocycles. The van der Waals surface area contributed by atoms with Crippen LogP contribution in [0, 0.1) is 0 Å². The Bertz CT molecular complexity index is 673. The Kier molecular flexibility index (Phi) is 4.88. The van der Waals surface area contributed by atoms with E-state index < -0.39 is 0 Å². The van der Waals surface area contributed by atoms with Crippen molar-refractivity contribution >= 4 is 11.0 Å². The maximum absolute atomic E-state index is 9.26. The van der Waals surface area contributed by atoms with Crippen LogP contribution in [0.2, 0.25) is 0 Å². The molecule has 0 bridgehead atoms. The number of benzene rings is 2. The molecule has 3 heteroatoms. The summed E-state index contributed by atoms with van der Waals surface area (Å²) in [5.74, 6) is 1.26. The zero-order valence-corrected chi connectivity index (χ0v) is 12.5. The van der Waals surface area contributed by atoms with Gasteiger partial charge in [0, 0.05) is 18.5 Å². The van der Waals surface area contributed by atoms with E-state index in [1.54, 1.807) is 0 Å². The Hall–Kier alpha value is -2.10. The summed E-state index contributed by atoms with van der Waals surface area (Å²) in [7, 11) is 0. The largest absolute Gasteiger partial charge is 0.460 e. The summed E-state index contributed by atoms with van der Waals surface area (Å²) < 4.78 is 5.80. The van der Waals surface area contributed by atoms with Crippen LogP contribution < -0.4 is 5.32 Å². The van der Waals surface area contributed by atoms with Gasteiger partial charge in [0.15, 0.2) is 0 Å². The van der Waals surface area contributed by atoms with Crippen molar-refractivity contribution in [3.05, 3.63) is 72.0 Å². The Morgan fingerprint density at radius 1 is 1.00 bits per heavy atom. The number of hydrogen-bond acceptors (Lipinski definition) is 3. The molecule has 0 fully saturated rings. The van der Waals surface area contributed by atoms with Crippen LogP contribution >= 0.6 is 0 Å². The van der Waals surface area contributed by atoms with Crippen LogP contribution in [0.4, 0.5) is 0 Å². The molecule has 0 aliphatic rings. The summed E-state index contributed by atoms with van der Waals surface area (Å²) in [6, 6.07) is 20.4. The maximum atomic E-state index is 9.26. The van der Waals surface area contributed by atoms with Crippen molar-refractivity contribution in [2.24, 2.45) is 0 Å². The zero-order valence-electron chi connectivity index (χ0n) is 12.5. The molecule has 3 nitrogen and oxygen atoms in total. The van der Waals surface area contributed by atoms with Crippen molar-refractivity contribution in [3.8, 4) is 0 Å². The topological polar surface area (TPSA) is 45.4 Å². The molecule has 1 atom stereocenters. The SMILES string of the molecule is OCCC(CNCc1cc2ccccc2o1)c1ccccc1. The summed E-state index contributed by atoms with van der Waals surface area (Å²) >= 11 is 0. The number of hydrogen-bond donors (Lipinski definition) is 2. The summed E-state index contributed by atoms with van der Waals surface area (Å²) in [6.07, 6.45) is 0.761. The normalized spacial score (nSPS) is 12.6. The molecule has 0 radical (unpaired) electrons. The standard InChI is InChI=1S/C19H21NO2/c21-11-10-17(15-6-2-1-3-7-15)13-20-14-18-12-16-8-4-5-9-19(16)22-18/h1-9,12,17,20-21H,10-11,13-14H2. The highest BCUT2D eigenvalue weighted by Gasteiger charge is 2.11. The molecule has 0 spiro atoms. The van der Waals surface area contributed by atoms with Gasteiger partial charge < -0.3 is 14.8 Å². The van der Waals surface area contributed by atoms with Gasteiger partial charge in [-0.05, 0) is 30.0 Å². The van der Waals surface area contributed by atoms with E-state index in [0.717, 1.165) is 29.7 Å².